The van der Waals surface area contributed by atoms with Crippen LogP contribution >= 0.6 is 0 Å². The van der Waals surface area contributed by atoms with Crippen molar-refractivity contribution in [1.82, 2.24) is 4.98 Å². The third kappa shape index (κ3) is 3.39. The van der Waals surface area contributed by atoms with Crippen molar-refractivity contribution >= 4 is 17.4 Å². The second-order valence-corrected chi connectivity index (χ2v) is 5.08. The first-order chi connectivity index (χ1) is 10.6. The molecule has 0 saturated carbocycles. The molecule has 0 aliphatic carbocycles. The third-order valence-electron chi connectivity index (χ3n) is 3.58. The fourth-order valence-corrected chi connectivity index (χ4v) is 2.34. The molecule has 4 nitrogen and oxygen atoms in total. The number of anilines is 1. The Morgan fingerprint density at radius 2 is 1.50 bits per heavy atom. The average molecular weight is 296 g/mol. The molecule has 0 unspecified atom stereocenters. The van der Waals surface area contributed by atoms with Crippen molar-refractivity contribution < 1.29 is 9.59 Å². The Hall–Kier alpha value is -2.49. The zero-order chi connectivity index (χ0) is 16.1. The lowest BCUT2D eigenvalue weighted by Crippen LogP contribution is -2.17. The zero-order valence-electron chi connectivity index (χ0n) is 13.1. The number of carbonyl (C=O) groups is 2. The number of Topliss-reactive ketones (excluding diaryl/α,β-unsaturated/α-hetero) is 1. The van der Waals surface area contributed by atoms with E-state index in [2.05, 4.69) is 24.1 Å². The van der Waals surface area contributed by atoms with Gasteiger partial charge in [0.05, 0.1) is 0 Å². The Bertz CT molecular complexity index is 686. The van der Waals surface area contributed by atoms with Crippen LogP contribution in [0, 0.1) is 0 Å². The maximum atomic E-state index is 12.4. The van der Waals surface area contributed by atoms with Gasteiger partial charge in [0, 0.05) is 12.6 Å². The molecule has 0 aliphatic heterocycles. The molecule has 0 radical (unpaired) electrons. The molecule has 1 aromatic heterocycles. The highest BCUT2D eigenvalue weighted by Gasteiger charge is 2.14. The van der Waals surface area contributed by atoms with Crippen LogP contribution in [0.15, 0.2) is 36.4 Å². The van der Waals surface area contributed by atoms with Gasteiger partial charge in [0.15, 0.2) is 5.78 Å². The summed E-state index contributed by atoms with van der Waals surface area (Å²) in [6.45, 7) is 5.55. The number of carbonyl (C=O) groups excluding carboxylic acids is 2. The van der Waals surface area contributed by atoms with E-state index in [1.165, 1.54) is 6.92 Å². The van der Waals surface area contributed by atoms with Gasteiger partial charge in [-0.05, 0) is 36.1 Å². The summed E-state index contributed by atoms with van der Waals surface area (Å²) in [7, 11) is 0. The molecule has 0 bridgehead atoms. The van der Waals surface area contributed by atoms with Gasteiger partial charge in [-0.25, -0.2) is 4.98 Å². The first-order valence-electron chi connectivity index (χ1n) is 7.46. The predicted octanol–water partition coefficient (Wildman–Crippen LogP) is 3.66. The van der Waals surface area contributed by atoms with Crippen LogP contribution in [0.4, 0.5) is 5.69 Å². The molecule has 1 heterocycles. The van der Waals surface area contributed by atoms with Crippen LogP contribution in [-0.2, 0) is 12.8 Å². The van der Waals surface area contributed by atoms with Crippen LogP contribution in [0.3, 0.4) is 0 Å². The zero-order valence-corrected chi connectivity index (χ0v) is 13.1. The normalized spacial score (nSPS) is 10.3. The predicted molar refractivity (Wildman–Crippen MR) is 87.4 cm³/mol. The van der Waals surface area contributed by atoms with E-state index < -0.39 is 0 Å². The highest BCUT2D eigenvalue weighted by molar-refractivity contribution is 6.04. The van der Waals surface area contributed by atoms with Crippen LogP contribution in [-0.4, -0.2) is 16.7 Å². The van der Waals surface area contributed by atoms with Gasteiger partial charge in [0.1, 0.15) is 11.4 Å². The Labute approximate surface area is 130 Å². The fraction of sp³-hybridized carbons (Fsp3) is 0.278. The third-order valence-corrected chi connectivity index (χ3v) is 3.58. The lowest BCUT2D eigenvalue weighted by atomic mass is 10.0. The van der Waals surface area contributed by atoms with Crippen molar-refractivity contribution in [2.24, 2.45) is 0 Å². The summed E-state index contributed by atoms with van der Waals surface area (Å²) in [4.78, 5) is 27.9. The Morgan fingerprint density at radius 3 is 2.05 bits per heavy atom. The highest BCUT2D eigenvalue weighted by atomic mass is 16.2. The fourth-order valence-electron chi connectivity index (χ4n) is 2.34. The molecule has 1 aromatic carbocycles. The largest absolute Gasteiger partial charge is 0.320 e. The lowest BCUT2D eigenvalue weighted by Gasteiger charge is -2.14. The molecule has 2 rings (SSSR count). The number of hydrogen-bond donors (Lipinski definition) is 1. The molecule has 114 valence electrons. The van der Waals surface area contributed by atoms with Crippen molar-refractivity contribution in [1.29, 1.82) is 0 Å². The summed E-state index contributed by atoms with van der Waals surface area (Å²) < 4.78 is 0. The number of benzene rings is 1. The molecule has 1 amide bonds. The molecule has 2 aromatic rings. The van der Waals surface area contributed by atoms with Gasteiger partial charge in [-0.2, -0.15) is 0 Å². The van der Waals surface area contributed by atoms with E-state index in [4.69, 9.17) is 0 Å². The molecular formula is C18H20N2O2. The van der Waals surface area contributed by atoms with Gasteiger partial charge in [0.2, 0.25) is 0 Å². The number of nitrogens with one attached hydrogen (secondary N) is 1. The first-order valence-corrected chi connectivity index (χ1v) is 7.46. The Balaban J connectivity index is 2.33. The molecule has 22 heavy (non-hydrogen) atoms. The molecule has 0 fully saturated rings. The van der Waals surface area contributed by atoms with E-state index in [9.17, 15) is 9.59 Å². The summed E-state index contributed by atoms with van der Waals surface area (Å²) in [5, 5.41) is 2.95. The quantitative estimate of drug-likeness (QED) is 0.857. The topological polar surface area (TPSA) is 59.1 Å². The van der Waals surface area contributed by atoms with Gasteiger partial charge < -0.3 is 5.32 Å². The molecule has 0 spiro atoms. The van der Waals surface area contributed by atoms with Crippen molar-refractivity contribution in [2.45, 2.75) is 33.6 Å². The van der Waals surface area contributed by atoms with E-state index in [0.717, 1.165) is 29.7 Å². The number of nitrogens with zero attached hydrogens (tertiary/aromatic N) is 1. The van der Waals surface area contributed by atoms with E-state index in [-0.39, 0.29) is 17.4 Å². The second kappa shape index (κ2) is 6.98. The van der Waals surface area contributed by atoms with Gasteiger partial charge in [0.25, 0.3) is 5.91 Å². The summed E-state index contributed by atoms with van der Waals surface area (Å²) in [6, 6.07) is 10.9. The monoisotopic (exact) mass is 296 g/mol. The van der Waals surface area contributed by atoms with Gasteiger partial charge in [-0.3, -0.25) is 9.59 Å². The van der Waals surface area contributed by atoms with Gasteiger partial charge in [-0.1, -0.05) is 38.1 Å². The maximum absolute atomic E-state index is 12.4. The second-order valence-electron chi connectivity index (χ2n) is 5.08. The number of rotatable bonds is 5. The summed E-state index contributed by atoms with van der Waals surface area (Å²) in [5.41, 5.74) is 3.59. The van der Waals surface area contributed by atoms with Crippen molar-refractivity contribution in [2.75, 3.05) is 5.32 Å². The number of aryl methyl sites for hydroxylation is 2. The maximum Gasteiger partial charge on any atom is 0.274 e. The van der Waals surface area contributed by atoms with Crippen molar-refractivity contribution in [3.8, 4) is 0 Å². The number of aromatic nitrogens is 1. The van der Waals surface area contributed by atoms with Crippen molar-refractivity contribution in [3.63, 3.8) is 0 Å². The smallest absolute Gasteiger partial charge is 0.274 e. The Kier molecular flexibility index (Phi) is 5.04. The molecule has 0 saturated heterocycles. The minimum atomic E-state index is -0.293. The van der Waals surface area contributed by atoms with Crippen LogP contribution in [0.5, 0.6) is 0 Å². The highest BCUT2D eigenvalue weighted by Crippen LogP contribution is 2.23. The van der Waals surface area contributed by atoms with E-state index in [0.29, 0.717) is 5.69 Å². The number of amides is 1. The number of para-hydroxylation sites is 1. The van der Waals surface area contributed by atoms with Crippen LogP contribution in [0.1, 0.15) is 52.9 Å². The molecular weight excluding hydrogens is 276 g/mol. The lowest BCUT2D eigenvalue weighted by molar-refractivity contribution is 0.101. The van der Waals surface area contributed by atoms with E-state index >= 15 is 0 Å². The molecule has 4 heteroatoms. The van der Waals surface area contributed by atoms with Crippen LogP contribution in [0.25, 0.3) is 0 Å². The molecule has 0 aliphatic rings. The van der Waals surface area contributed by atoms with Crippen molar-refractivity contribution in [3.05, 3.63) is 58.9 Å². The standard InChI is InChI=1S/C18H20N2O2/c1-4-13-8-6-9-14(5-2)17(13)20-18(22)16-11-7-10-15(19-16)12(3)21/h6-11H,4-5H2,1-3H3,(H,20,22). The molecule has 0 atom stereocenters. The summed E-state index contributed by atoms with van der Waals surface area (Å²) in [6.07, 6.45) is 1.68. The minimum absolute atomic E-state index is 0.155. The number of hydrogen-bond acceptors (Lipinski definition) is 3. The summed E-state index contributed by atoms with van der Waals surface area (Å²) in [5.74, 6) is -0.448. The minimum Gasteiger partial charge on any atom is -0.320 e. The van der Waals surface area contributed by atoms with Crippen LogP contribution in [0.2, 0.25) is 0 Å². The van der Waals surface area contributed by atoms with Gasteiger partial charge in [-0.15, -0.1) is 0 Å². The SMILES string of the molecule is CCc1cccc(CC)c1NC(=O)c1cccc(C(C)=O)n1. The average Bonchev–Trinajstić information content (AvgIpc) is 2.55. The summed E-state index contributed by atoms with van der Waals surface area (Å²) >= 11 is 0. The first kappa shape index (κ1) is 15.9. The Morgan fingerprint density at radius 1 is 0.955 bits per heavy atom. The van der Waals surface area contributed by atoms with E-state index in [1.807, 2.05) is 18.2 Å². The van der Waals surface area contributed by atoms with Gasteiger partial charge >= 0.3 is 0 Å². The number of pyridine rings is 1. The molecule has 1 N–H and O–H groups in total. The van der Waals surface area contributed by atoms with Crippen LogP contribution < -0.4 is 5.32 Å². The number of ketones is 1. The van der Waals surface area contributed by atoms with E-state index in [1.54, 1.807) is 18.2 Å².